The Labute approximate surface area is 179 Å². The number of H-pyrrole nitrogens is 1. The quantitative estimate of drug-likeness (QED) is 0.176. The van der Waals surface area contributed by atoms with E-state index in [4.69, 9.17) is 5.73 Å². The Hall–Kier alpha value is -4.13. The maximum absolute atomic E-state index is 13.0. The van der Waals surface area contributed by atoms with Gasteiger partial charge in [-0.15, -0.1) is 0 Å². The number of hydrogen-bond acceptors (Lipinski definition) is 5. The van der Waals surface area contributed by atoms with E-state index < -0.39 is 0 Å². The number of nitrogen functional groups attached to an aromatic ring is 1. The van der Waals surface area contributed by atoms with Gasteiger partial charge < -0.3 is 15.4 Å². The van der Waals surface area contributed by atoms with Crippen LogP contribution >= 0.6 is 0 Å². The van der Waals surface area contributed by atoms with E-state index in [1.54, 1.807) is 0 Å². The summed E-state index contributed by atoms with van der Waals surface area (Å²) in [5.41, 5.74) is 10.3. The SMILES string of the molecule is Nc1ccc(Cn2cc(CCc3ccccc3)cc2C(=O)C=C(O)c2nc[nH]n2)cc1. The first-order valence-electron chi connectivity index (χ1n) is 9.97. The summed E-state index contributed by atoms with van der Waals surface area (Å²) in [6.07, 6.45) is 6.16. The van der Waals surface area contributed by atoms with Gasteiger partial charge in [-0.2, -0.15) is 5.10 Å². The van der Waals surface area contributed by atoms with Crippen molar-refractivity contribution in [1.29, 1.82) is 0 Å². The van der Waals surface area contributed by atoms with E-state index in [9.17, 15) is 9.90 Å². The average molecular weight is 413 g/mol. The standard InChI is InChI=1S/C24H23N5O2/c25-20-10-8-18(9-11-20)14-29-15-19(7-6-17-4-2-1-3-5-17)12-21(29)22(30)13-23(31)24-26-16-27-28-24/h1-5,8-13,15-16,31H,6-7,14,25H2,(H,26,27,28). The smallest absolute Gasteiger partial charge is 0.215 e. The van der Waals surface area contributed by atoms with Gasteiger partial charge in [0.15, 0.2) is 5.76 Å². The summed E-state index contributed by atoms with van der Waals surface area (Å²) < 4.78 is 1.90. The maximum Gasteiger partial charge on any atom is 0.215 e. The monoisotopic (exact) mass is 413 g/mol. The third-order valence-corrected chi connectivity index (χ3v) is 5.00. The number of benzene rings is 2. The number of allylic oxidation sites excluding steroid dienone is 1. The van der Waals surface area contributed by atoms with Gasteiger partial charge in [-0.05, 0) is 47.7 Å². The van der Waals surface area contributed by atoms with Gasteiger partial charge in [-0.25, -0.2) is 4.98 Å². The highest BCUT2D eigenvalue weighted by Gasteiger charge is 2.15. The number of aliphatic hydroxyl groups is 1. The molecule has 156 valence electrons. The minimum Gasteiger partial charge on any atom is -0.504 e. The molecule has 2 heterocycles. The molecule has 0 spiro atoms. The Morgan fingerprint density at radius 2 is 1.77 bits per heavy atom. The molecule has 0 radical (unpaired) electrons. The topological polar surface area (TPSA) is 110 Å². The Morgan fingerprint density at radius 3 is 2.48 bits per heavy atom. The summed E-state index contributed by atoms with van der Waals surface area (Å²) in [4.78, 5) is 16.8. The van der Waals surface area contributed by atoms with E-state index in [1.165, 1.54) is 11.9 Å². The zero-order valence-corrected chi connectivity index (χ0v) is 16.9. The third kappa shape index (κ3) is 5.08. The second-order valence-corrected chi connectivity index (χ2v) is 7.31. The molecule has 7 heteroatoms. The van der Waals surface area contributed by atoms with Crippen LogP contribution in [0.15, 0.2) is 79.3 Å². The molecular weight excluding hydrogens is 390 g/mol. The number of nitrogens with zero attached hydrogens (tertiary/aromatic N) is 3. The average Bonchev–Trinajstić information content (AvgIpc) is 3.45. The molecule has 0 atom stereocenters. The Kier molecular flexibility index (Phi) is 5.93. The van der Waals surface area contributed by atoms with Gasteiger partial charge >= 0.3 is 0 Å². The van der Waals surface area contributed by atoms with Gasteiger partial charge in [-0.3, -0.25) is 9.89 Å². The fourth-order valence-electron chi connectivity index (χ4n) is 3.39. The molecule has 4 N–H and O–H groups in total. The van der Waals surface area contributed by atoms with Crippen molar-refractivity contribution < 1.29 is 9.90 Å². The first-order valence-corrected chi connectivity index (χ1v) is 9.97. The number of aromatic nitrogens is 4. The van der Waals surface area contributed by atoms with Gasteiger partial charge in [-0.1, -0.05) is 42.5 Å². The van der Waals surface area contributed by atoms with E-state index >= 15 is 0 Å². The number of nitrogens with one attached hydrogen (secondary N) is 1. The predicted octanol–water partition coefficient (Wildman–Crippen LogP) is 3.80. The molecule has 7 nitrogen and oxygen atoms in total. The minimum atomic E-state index is -0.316. The predicted molar refractivity (Wildman–Crippen MR) is 120 cm³/mol. The normalized spacial score (nSPS) is 11.5. The Bertz CT molecular complexity index is 1180. The van der Waals surface area contributed by atoms with Gasteiger partial charge in [0.2, 0.25) is 11.6 Å². The van der Waals surface area contributed by atoms with E-state index in [1.807, 2.05) is 59.3 Å². The largest absolute Gasteiger partial charge is 0.504 e. The molecule has 0 unspecified atom stereocenters. The fraction of sp³-hybridized carbons (Fsp3) is 0.125. The van der Waals surface area contributed by atoms with Crippen molar-refractivity contribution in [3.05, 3.63) is 107 Å². The number of rotatable bonds is 8. The van der Waals surface area contributed by atoms with Crippen LogP contribution in [-0.2, 0) is 19.4 Å². The number of nitrogens with two attached hydrogens (primary N) is 1. The van der Waals surface area contributed by atoms with E-state index in [0.29, 0.717) is 17.9 Å². The first-order chi connectivity index (χ1) is 15.1. The van der Waals surface area contributed by atoms with E-state index in [-0.39, 0.29) is 17.4 Å². The molecule has 0 aliphatic heterocycles. The molecule has 0 fully saturated rings. The number of anilines is 1. The molecule has 4 aromatic rings. The van der Waals surface area contributed by atoms with Crippen LogP contribution < -0.4 is 5.73 Å². The number of aliphatic hydroxyl groups excluding tert-OH is 1. The van der Waals surface area contributed by atoms with Crippen molar-refractivity contribution in [2.45, 2.75) is 19.4 Å². The molecule has 0 saturated carbocycles. The van der Waals surface area contributed by atoms with Crippen molar-refractivity contribution in [3.63, 3.8) is 0 Å². The molecule has 4 rings (SSSR count). The van der Waals surface area contributed by atoms with Gasteiger partial charge in [0, 0.05) is 24.5 Å². The van der Waals surface area contributed by atoms with Crippen molar-refractivity contribution in [2.24, 2.45) is 0 Å². The first kappa shape index (κ1) is 20.2. The molecule has 31 heavy (non-hydrogen) atoms. The van der Waals surface area contributed by atoms with Gasteiger partial charge in [0.1, 0.15) is 6.33 Å². The maximum atomic E-state index is 13.0. The molecule has 0 aliphatic rings. The van der Waals surface area contributed by atoms with E-state index in [2.05, 4.69) is 27.3 Å². The summed E-state index contributed by atoms with van der Waals surface area (Å²) in [6.45, 7) is 0.516. The lowest BCUT2D eigenvalue weighted by Gasteiger charge is -2.08. The highest BCUT2D eigenvalue weighted by Crippen LogP contribution is 2.18. The molecule has 2 aromatic heterocycles. The van der Waals surface area contributed by atoms with Gasteiger partial charge in [0.25, 0.3) is 0 Å². The fourth-order valence-corrected chi connectivity index (χ4v) is 3.39. The number of carbonyl (C=O) groups excluding carboxylic acids is 1. The Balaban J connectivity index is 1.60. The van der Waals surface area contributed by atoms with Crippen LogP contribution in [0.4, 0.5) is 5.69 Å². The molecular formula is C24H23N5O2. The summed E-state index contributed by atoms with van der Waals surface area (Å²) in [5, 5.41) is 16.5. The van der Waals surface area contributed by atoms with Crippen LogP contribution in [0.25, 0.3) is 5.76 Å². The summed E-state index contributed by atoms with van der Waals surface area (Å²) in [7, 11) is 0. The number of aryl methyl sites for hydroxylation is 2. The van der Waals surface area contributed by atoms with Crippen LogP contribution in [0.2, 0.25) is 0 Å². The van der Waals surface area contributed by atoms with Gasteiger partial charge in [0.05, 0.1) is 5.69 Å². The third-order valence-electron chi connectivity index (χ3n) is 5.00. The lowest BCUT2D eigenvalue weighted by molar-refractivity contribution is 0.103. The van der Waals surface area contributed by atoms with Crippen LogP contribution in [-0.4, -0.2) is 30.6 Å². The van der Waals surface area contributed by atoms with E-state index in [0.717, 1.165) is 30.0 Å². The van der Waals surface area contributed by atoms with Crippen molar-refractivity contribution in [2.75, 3.05) is 5.73 Å². The molecule has 2 aromatic carbocycles. The van der Waals surface area contributed by atoms with Crippen molar-refractivity contribution in [1.82, 2.24) is 19.7 Å². The zero-order valence-electron chi connectivity index (χ0n) is 16.9. The van der Waals surface area contributed by atoms with Crippen LogP contribution in [0.5, 0.6) is 0 Å². The number of ketones is 1. The second-order valence-electron chi connectivity index (χ2n) is 7.31. The lowest BCUT2D eigenvalue weighted by atomic mass is 10.1. The second kappa shape index (κ2) is 9.13. The molecule has 0 aliphatic carbocycles. The number of hydrogen-bond donors (Lipinski definition) is 3. The van der Waals surface area contributed by atoms with Crippen molar-refractivity contribution >= 4 is 17.2 Å². The summed E-state index contributed by atoms with van der Waals surface area (Å²) in [5.74, 6) is -0.518. The highest BCUT2D eigenvalue weighted by atomic mass is 16.3. The zero-order chi connectivity index (χ0) is 21.6. The number of carbonyl (C=O) groups is 1. The minimum absolute atomic E-state index is 0.0780. The molecule has 0 bridgehead atoms. The number of aromatic amines is 1. The Morgan fingerprint density at radius 1 is 1.03 bits per heavy atom. The lowest BCUT2D eigenvalue weighted by Crippen LogP contribution is -2.08. The molecule has 0 saturated heterocycles. The van der Waals surface area contributed by atoms with Crippen LogP contribution in [0, 0.1) is 0 Å². The highest BCUT2D eigenvalue weighted by molar-refractivity contribution is 6.06. The van der Waals surface area contributed by atoms with Crippen molar-refractivity contribution in [3.8, 4) is 0 Å². The molecule has 0 amide bonds. The van der Waals surface area contributed by atoms with Crippen LogP contribution in [0.3, 0.4) is 0 Å². The van der Waals surface area contributed by atoms with Crippen LogP contribution in [0.1, 0.15) is 33.0 Å². The summed E-state index contributed by atoms with van der Waals surface area (Å²) >= 11 is 0. The summed E-state index contributed by atoms with van der Waals surface area (Å²) in [6, 6.07) is 19.7.